The van der Waals surface area contributed by atoms with Crippen LogP contribution in [0.2, 0.25) is 0 Å². The van der Waals surface area contributed by atoms with Gasteiger partial charge in [-0.2, -0.15) is 0 Å². The number of H-pyrrole nitrogens is 1. The predicted molar refractivity (Wildman–Crippen MR) is 125 cm³/mol. The first-order valence-electron chi connectivity index (χ1n) is 11.0. The number of rotatable bonds is 7. The molecule has 4 aromatic rings. The second kappa shape index (κ2) is 8.97. The average Bonchev–Trinajstić information content (AvgIpc) is 3.44. The van der Waals surface area contributed by atoms with Gasteiger partial charge in [0.1, 0.15) is 11.5 Å². The normalized spacial score (nSPS) is 13.2. The molecule has 2 aromatic heterocycles. The van der Waals surface area contributed by atoms with Gasteiger partial charge in [0.15, 0.2) is 11.5 Å². The van der Waals surface area contributed by atoms with E-state index in [1.807, 2.05) is 30.5 Å². The molecule has 34 heavy (non-hydrogen) atoms. The van der Waals surface area contributed by atoms with Gasteiger partial charge in [0.05, 0.1) is 5.56 Å². The van der Waals surface area contributed by atoms with Crippen LogP contribution >= 0.6 is 0 Å². The summed E-state index contributed by atoms with van der Waals surface area (Å²) in [5.41, 5.74) is 2.17. The van der Waals surface area contributed by atoms with Crippen LogP contribution in [0.4, 0.5) is 0 Å². The Hall–Kier alpha value is -4.20. The Balaban J connectivity index is 1.36. The number of aromatic amines is 1. The van der Waals surface area contributed by atoms with Crippen molar-refractivity contribution in [2.24, 2.45) is 0 Å². The first-order valence-corrected chi connectivity index (χ1v) is 11.0. The summed E-state index contributed by atoms with van der Waals surface area (Å²) in [5, 5.41) is 14.6. The van der Waals surface area contributed by atoms with Gasteiger partial charge in [0.2, 0.25) is 12.7 Å². The summed E-state index contributed by atoms with van der Waals surface area (Å²) >= 11 is 0. The largest absolute Gasteiger partial charge is 0.507 e. The zero-order chi connectivity index (χ0) is 23.7. The fourth-order valence-corrected chi connectivity index (χ4v) is 4.38. The third-order valence-electron chi connectivity index (χ3n) is 6.02. The molecular weight excluding hydrogens is 436 g/mol. The molecule has 0 bridgehead atoms. The molecule has 1 aliphatic heterocycles. The van der Waals surface area contributed by atoms with Crippen LogP contribution in [0.1, 0.15) is 34.8 Å². The number of hydrogen-bond donors (Lipinski definition) is 3. The number of amides is 1. The number of fused-ring (bicyclic) bond motifs is 2. The van der Waals surface area contributed by atoms with Crippen molar-refractivity contribution in [1.29, 1.82) is 0 Å². The van der Waals surface area contributed by atoms with Gasteiger partial charge < -0.3 is 29.3 Å². The number of carbonyl (C=O) groups is 1. The highest BCUT2D eigenvalue weighted by molar-refractivity contribution is 5.83. The molecule has 1 aliphatic rings. The zero-order valence-electron chi connectivity index (χ0n) is 18.6. The molecule has 0 saturated heterocycles. The molecule has 3 N–H and O–H groups in total. The van der Waals surface area contributed by atoms with E-state index in [9.17, 15) is 14.7 Å². The lowest BCUT2D eigenvalue weighted by Crippen LogP contribution is -2.28. The van der Waals surface area contributed by atoms with Gasteiger partial charge in [0.25, 0.3) is 0 Å². The topological polar surface area (TPSA) is 114 Å². The fourth-order valence-electron chi connectivity index (χ4n) is 4.38. The number of para-hydroxylation sites is 1. The molecule has 5 rings (SSSR count). The van der Waals surface area contributed by atoms with Crippen molar-refractivity contribution >= 4 is 16.8 Å². The van der Waals surface area contributed by atoms with Crippen molar-refractivity contribution in [2.45, 2.75) is 25.7 Å². The minimum atomic E-state index is -0.723. The van der Waals surface area contributed by atoms with Crippen molar-refractivity contribution in [3.63, 3.8) is 0 Å². The number of ether oxygens (including phenoxy) is 2. The minimum absolute atomic E-state index is 0.0382. The zero-order valence-corrected chi connectivity index (χ0v) is 18.6. The maximum absolute atomic E-state index is 12.9. The lowest BCUT2D eigenvalue weighted by atomic mass is 9.88. The lowest BCUT2D eigenvalue weighted by Gasteiger charge is -2.18. The molecule has 8 heteroatoms. The fraction of sp³-hybridized carbons (Fsp3) is 0.231. The molecule has 3 heterocycles. The molecule has 8 nitrogen and oxygen atoms in total. The van der Waals surface area contributed by atoms with Gasteiger partial charge in [0, 0.05) is 42.0 Å². The van der Waals surface area contributed by atoms with Crippen LogP contribution in [0.25, 0.3) is 10.9 Å². The van der Waals surface area contributed by atoms with E-state index in [4.69, 9.17) is 13.9 Å². The quantitative estimate of drug-likeness (QED) is 0.387. The Morgan fingerprint density at radius 1 is 1.15 bits per heavy atom. The third-order valence-corrected chi connectivity index (χ3v) is 6.02. The first-order chi connectivity index (χ1) is 16.5. The first kappa shape index (κ1) is 21.6. The van der Waals surface area contributed by atoms with E-state index in [0.717, 1.165) is 16.5 Å². The number of nitrogens with one attached hydrogen (secondary N) is 2. The monoisotopic (exact) mass is 460 g/mol. The standard InChI is InChI=1S/C26H24N2O6/c1-15-10-21(29)25(26(31)34-15)19(16-6-7-22-23(11-16)33-14-32-22)12-24(30)27-9-8-17-13-28-20-5-3-2-4-18(17)20/h2-7,10-11,13,19,28-29H,8-9,12,14H2,1H3,(H,27,30)/t19-/m1/s1. The van der Waals surface area contributed by atoms with E-state index in [-0.39, 0.29) is 30.4 Å². The summed E-state index contributed by atoms with van der Waals surface area (Å²) in [6, 6.07) is 14.6. The van der Waals surface area contributed by atoms with Gasteiger partial charge in [-0.15, -0.1) is 0 Å². The van der Waals surface area contributed by atoms with Gasteiger partial charge in [-0.05, 0) is 42.7 Å². The van der Waals surface area contributed by atoms with E-state index < -0.39 is 11.5 Å². The lowest BCUT2D eigenvalue weighted by molar-refractivity contribution is -0.121. The summed E-state index contributed by atoms with van der Waals surface area (Å²) in [6.07, 6.45) is 2.55. The molecule has 2 aromatic carbocycles. The molecule has 0 spiro atoms. The van der Waals surface area contributed by atoms with Gasteiger partial charge >= 0.3 is 5.63 Å². The molecule has 0 radical (unpaired) electrons. The van der Waals surface area contributed by atoms with Crippen molar-refractivity contribution < 1.29 is 23.8 Å². The second-order valence-corrected chi connectivity index (χ2v) is 8.27. The predicted octanol–water partition coefficient (Wildman–Crippen LogP) is 3.74. The summed E-state index contributed by atoms with van der Waals surface area (Å²) in [5.74, 6) is 0.229. The highest BCUT2D eigenvalue weighted by Gasteiger charge is 2.27. The Labute approximate surface area is 195 Å². The van der Waals surface area contributed by atoms with Crippen LogP contribution in [-0.2, 0) is 11.2 Å². The van der Waals surface area contributed by atoms with Crippen molar-refractivity contribution in [3.8, 4) is 17.2 Å². The molecule has 1 amide bonds. The van der Waals surface area contributed by atoms with E-state index in [2.05, 4.69) is 10.3 Å². The Morgan fingerprint density at radius 3 is 2.82 bits per heavy atom. The van der Waals surface area contributed by atoms with Crippen molar-refractivity contribution in [1.82, 2.24) is 10.3 Å². The molecule has 0 aliphatic carbocycles. The number of aromatic hydroxyl groups is 1. The van der Waals surface area contributed by atoms with Crippen LogP contribution in [0.5, 0.6) is 17.2 Å². The number of aromatic nitrogens is 1. The number of benzene rings is 2. The van der Waals surface area contributed by atoms with Gasteiger partial charge in [-0.1, -0.05) is 24.3 Å². The summed E-state index contributed by atoms with van der Waals surface area (Å²) in [4.78, 5) is 28.8. The van der Waals surface area contributed by atoms with Crippen LogP contribution < -0.4 is 20.4 Å². The van der Waals surface area contributed by atoms with E-state index in [0.29, 0.717) is 35.8 Å². The van der Waals surface area contributed by atoms with E-state index >= 15 is 0 Å². The SMILES string of the molecule is Cc1cc(O)c([C@H](CC(=O)NCCc2c[nH]c3ccccc23)c2ccc3c(c2)OCO3)c(=O)o1. The van der Waals surface area contributed by atoms with E-state index in [1.165, 1.54) is 6.07 Å². The van der Waals surface area contributed by atoms with Crippen LogP contribution in [0.3, 0.4) is 0 Å². The van der Waals surface area contributed by atoms with Gasteiger partial charge in [-0.3, -0.25) is 4.79 Å². The highest BCUT2D eigenvalue weighted by atomic mass is 16.7. The number of hydrogen-bond acceptors (Lipinski definition) is 6. The molecule has 0 saturated carbocycles. The Morgan fingerprint density at radius 2 is 1.97 bits per heavy atom. The summed E-state index contributed by atoms with van der Waals surface area (Å²) < 4.78 is 16.1. The Bertz CT molecular complexity index is 1420. The maximum Gasteiger partial charge on any atom is 0.343 e. The average molecular weight is 460 g/mol. The van der Waals surface area contributed by atoms with Crippen LogP contribution in [0.15, 0.2) is 63.9 Å². The maximum atomic E-state index is 12.9. The number of aryl methyl sites for hydroxylation is 1. The molecule has 1 atom stereocenters. The summed E-state index contributed by atoms with van der Waals surface area (Å²) in [6.45, 7) is 2.12. The van der Waals surface area contributed by atoms with Crippen LogP contribution in [0, 0.1) is 6.92 Å². The third kappa shape index (κ3) is 4.22. The molecule has 0 fully saturated rings. The van der Waals surface area contributed by atoms with Crippen molar-refractivity contribution in [3.05, 3.63) is 87.6 Å². The molecular formula is C26H24N2O6. The smallest absolute Gasteiger partial charge is 0.343 e. The summed E-state index contributed by atoms with van der Waals surface area (Å²) in [7, 11) is 0. The highest BCUT2D eigenvalue weighted by Crippen LogP contribution is 2.38. The van der Waals surface area contributed by atoms with Crippen LogP contribution in [-0.4, -0.2) is 29.3 Å². The van der Waals surface area contributed by atoms with Gasteiger partial charge in [-0.25, -0.2) is 4.79 Å². The molecule has 174 valence electrons. The minimum Gasteiger partial charge on any atom is -0.507 e. The molecule has 0 unspecified atom stereocenters. The Kier molecular flexibility index (Phi) is 5.71. The van der Waals surface area contributed by atoms with E-state index in [1.54, 1.807) is 25.1 Å². The van der Waals surface area contributed by atoms with Crippen molar-refractivity contribution in [2.75, 3.05) is 13.3 Å². The second-order valence-electron chi connectivity index (χ2n) is 8.27. The number of carbonyl (C=O) groups excluding carboxylic acids is 1.